The van der Waals surface area contributed by atoms with Crippen molar-refractivity contribution in [3.63, 3.8) is 0 Å². The fourth-order valence-electron chi connectivity index (χ4n) is 9.54. The minimum absolute atomic E-state index is 0.0751. The van der Waals surface area contributed by atoms with Crippen LogP contribution in [0.4, 0.5) is 0 Å². The second-order valence-corrected chi connectivity index (χ2v) is 22.4. The number of ether oxygens (including phenoxy) is 3. The molecule has 0 aromatic rings. The van der Waals surface area contributed by atoms with Crippen LogP contribution >= 0.6 is 0 Å². The molecule has 0 N–H and O–H groups in total. The summed E-state index contributed by atoms with van der Waals surface area (Å²) in [4.78, 5) is 38.2. The van der Waals surface area contributed by atoms with E-state index in [1.807, 2.05) is 0 Å². The van der Waals surface area contributed by atoms with Crippen LogP contribution < -0.4 is 0 Å². The van der Waals surface area contributed by atoms with Gasteiger partial charge in [0.25, 0.3) is 0 Å². The maximum atomic E-state index is 12.9. The predicted molar refractivity (Wildman–Crippen MR) is 344 cm³/mol. The summed E-state index contributed by atoms with van der Waals surface area (Å²) in [5.41, 5.74) is 0. The number of unbranched alkanes of at least 4 members (excludes halogenated alkanes) is 34. The van der Waals surface area contributed by atoms with E-state index in [-0.39, 0.29) is 31.1 Å². The zero-order chi connectivity index (χ0) is 57.1. The first-order valence-electron chi connectivity index (χ1n) is 33.7. The molecular formula is C73H126O6. The highest BCUT2D eigenvalue weighted by Gasteiger charge is 2.19. The third kappa shape index (κ3) is 65.0. The number of rotatable bonds is 61. The average molecular weight is 1100 g/mol. The van der Waals surface area contributed by atoms with Gasteiger partial charge in [-0.25, -0.2) is 0 Å². The van der Waals surface area contributed by atoms with E-state index in [0.717, 1.165) is 103 Å². The molecule has 0 aliphatic heterocycles. The van der Waals surface area contributed by atoms with Gasteiger partial charge in [-0.05, 0) is 103 Å². The normalized spacial score (nSPS) is 12.7. The SMILES string of the molecule is CC/C=C\C/C=C\C/C=C\C/C=C\C/C=C\C/C=C\C/C=C\CCCCCCCCCCCCCCCC(=O)OCC(COC(=O)CCCCCCCCCC)OC(=O)CCCCCCCCC/C=C\CCCCCCCCC. The molecule has 0 saturated heterocycles. The Morgan fingerprint density at radius 2 is 0.494 bits per heavy atom. The first kappa shape index (κ1) is 75.3. The highest BCUT2D eigenvalue weighted by atomic mass is 16.6. The molecule has 0 fully saturated rings. The van der Waals surface area contributed by atoms with Crippen molar-refractivity contribution >= 4 is 17.9 Å². The topological polar surface area (TPSA) is 78.9 Å². The molecule has 0 rings (SSSR count). The number of allylic oxidation sites excluding steroid dienone is 16. The van der Waals surface area contributed by atoms with Gasteiger partial charge >= 0.3 is 17.9 Å². The quantitative estimate of drug-likeness (QED) is 0.0261. The smallest absolute Gasteiger partial charge is 0.306 e. The van der Waals surface area contributed by atoms with Crippen molar-refractivity contribution in [1.82, 2.24) is 0 Å². The van der Waals surface area contributed by atoms with E-state index in [9.17, 15) is 14.4 Å². The molecule has 0 aliphatic carbocycles. The van der Waals surface area contributed by atoms with Crippen molar-refractivity contribution in [3.8, 4) is 0 Å². The highest BCUT2D eigenvalue weighted by molar-refractivity contribution is 5.71. The lowest BCUT2D eigenvalue weighted by atomic mass is 10.0. The van der Waals surface area contributed by atoms with Crippen LogP contribution in [0.3, 0.4) is 0 Å². The first-order valence-corrected chi connectivity index (χ1v) is 33.7. The maximum absolute atomic E-state index is 12.9. The number of esters is 3. The van der Waals surface area contributed by atoms with Gasteiger partial charge in [0.05, 0.1) is 0 Å². The third-order valence-electron chi connectivity index (χ3n) is 14.6. The van der Waals surface area contributed by atoms with Gasteiger partial charge in [0.2, 0.25) is 0 Å². The van der Waals surface area contributed by atoms with E-state index in [0.29, 0.717) is 19.3 Å². The number of hydrogen-bond donors (Lipinski definition) is 0. The second kappa shape index (κ2) is 66.8. The lowest BCUT2D eigenvalue weighted by Gasteiger charge is -2.18. The summed E-state index contributed by atoms with van der Waals surface area (Å²) in [5.74, 6) is -0.873. The lowest BCUT2D eigenvalue weighted by molar-refractivity contribution is -0.167. The molecule has 0 spiro atoms. The van der Waals surface area contributed by atoms with Gasteiger partial charge in [0.15, 0.2) is 6.10 Å². The second-order valence-electron chi connectivity index (χ2n) is 22.4. The van der Waals surface area contributed by atoms with Gasteiger partial charge in [-0.15, -0.1) is 0 Å². The van der Waals surface area contributed by atoms with E-state index in [2.05, 4.69) is 118 Å². The fourth-order valence-corrected chi connectivity index (χ4v) is 9.54. The summed E-state index contributed by atoms with van der Waals surface area (Å²) < 4.78 is 16.9. The van der Waals surface area contributed by atoms with Gasteiger partial charge in [0.1, 0.15) is 13.2 Å². The Bertz CT molecular complexity index is 1540. The van der Waals surface area contributed by atoms with Crippen LogP contribution in [0.5, 0.6) is 0 Å². The highest BCUT2D eigenvalue weighted by Crippen LogP contribution is 2.17. The van der Waals surface area contributed by atoms with Crippen LogP contribution in [-0.4, -0.2) is 37.2 Å². The van der Waals surface area contributed by atoms with Gasteiger partial charge < -0.3 is 14.2 Å². The standard InChI is InChI=1S/C73H126O6/c1-4-7-10-13-16-19-21-23-25-27-29-30-31-32-33-34-35-36-37-38-39-40-41-42-43-44-45-47-48-50-52-54-57-60-63-66-72(75)78-69-70(68-77-71(74)65-62-59-56-18-15-12-9-6-3)79-73(76)67-64-61-58-55-53-51-49-46-28-26-24-22-20-17-14-11-8-5-2/h7,10,16,19,23,25-26,28-30,32-33,35-36,38-39,70H,4-6,8-9,11-15,17-18,20-22,24,27,31,34,37,40-69H2,1-3H3/b10-7-,19-16-,25-23-,28-26-,30-29-,33-32-,36-35-,39-38-. The first-order chi connectivity index (χ1) is 39.0. The van der Waals surface area contributed by atoms with Crippen molar-refractivity contribution in [2.24, 2.45) is 0 Å². The molecule has 0 aliphatic rings. The maximum Gasteiger partial charge on any atom is 0.306 e. The average Bonchev–Trinajstić information content (AvgIpc) is 3.45. The van der Waals surface area contributed by atoms with Crippen molar-refractivity contribution in [2.45, 2.75) is 335 Å². The number of carbonyl (C=O) groups is 3. The summed E-state index contributed by atoms with van der Waals surface area (Å²) >= 11 is 0. The molecule has 0 radical (unpaired) electrons. The summed E-state index contributed by atoms with van der Waals surface area (Å²) in [6.07, 6.45) is 90.2. The molecule has 0 bridgehead atoms. The summed E-state index contributed by atoms with van der Waals surface area (Å²) in [6.45, 7) is 6.52. The van der Waals surface area contributed by atoms with Gasteiger partial charge in [-0.3, -0.25) is 14.4 Å². The third-order valence-corrected chi connectivity index (χ3v) is 14.6. The minimum Gasteiger partial charge on any atom is -0.462 e. The Hall–Kier alpha value is -3.67. The van der Waals surface area contributed by atoms with Crippen LogP contribution in [0.2, 0.25) is 0 Å². The van der Waals surface area contributed by atoms with Crippen LogP contribution in [0.1, 0.15) is 329 Å². The summed E-state index contributed by atoms with van der Waals surface area (Å²) in [6, 6.07) is 0. The minimum atomic E-state index is -0.776. The molecule has 6 nitrogen and oxygen atoms in total. The Kier molecular flexibility index (Phi) is 63.7. The fraction of sp³-hybridized carbons (Fsp3) is 0.740. The van der Waals surface area contributed by atoms with E-state index in [1.165, 1.54) is 186 Å². The molecule has 0 heterocycles. The predicted octanol–water partition coefficient (Wildman–Crippen LogP) is 23.2. The molecule has 0 amide bonds. The Morgan fingerprint density at radius 1 is 0.266 bits per heavy atom. The molecule has 6 heteroatoms. The zero-order valence-corrected chi connectivity index (χ0v) is 52.1. The van der Waals surface area contributed by atoms with Crippen molar-refractivity contribution in [3.05, 3.63) is 97.2 Å². The van der Waals surface area contributed by atoms with Crippen LogP contribution in [0, 0.1) is 0 Å². The zero-order valence-electron chi connectivity index (χ0n) is 52.1. The Labute approximate surface area is 489 Å². The molecule has 454 valence electrons. The van der Waals surface area contributed by atoms with Crippen LogP contribution in [0.15, 0.2) is 97.2 Å². The van der Waals surface area contributed by atoms with Crippen molar-refractivity contribution in [2.75, 3.05) is 13.2 Å². The van der Waals surface area contributed by atoms with E-state index in [1.54, 1.807) is 0 Å². The van der Waals surface area contributed by atoms with Gasteiger partial charge in [-0.2, -0.15) is 0 Å². The lowest BCUT2D eigenvalue weighted by Crippen LogP contribution is -2.30. The Morgan fingerprint density at radius 3 is 0.785 bits per heavy atom. The van der Waals surface area contributed by atoms with Crippen molar-refractivity contribution < 1.29 is 28.6 Å². The van der Waals surface area contributed by atoms with E-state index < -0.39 is 6.10 Å². The molecule has 79 heavy (non-hydrogen) atoms. The van der Waals surface area contributed by atoms with Crippen molar-refractivity contribution in [1.29, 1.82) is 0 Å². The number of carbonyl (C=O) groups excluding carboxylic acids is 3. The van der Waals surface area contributed by atoms with E-state index >= 15 is 0 Å². The van der Waals surface area contributed by atoms with E-state index in [4.69, 9.17) is 14.2 Å². The number of hydrogen-bond acceptors (Lipinski definition) is 6. The van der Waals surface area contributed by atoms with Crippen LogP contribution in [-0.2, 0) is 28.6 Å². The molecule has 0 aromatic carbocycles. The van der Waals surface area contributed by atoms with Crippen LogP contribution in [0.25, 0.3) is 0 Å². The summed E-state index contributed by atoms with van der Waals surface area (Å²) in [7, 11) is 0. The molecule has 0 aromatic heterocycles. The molecule has 1 atom stereocenters. The monoisotopic (exact) mass is 1100 g/mol. The van der Waals surface area contributed by atoms with Gasteiger partial charge in [0, 0.05) is 19.3 Å². The largest absolute Gasteiger partial charge is 0.462 e. The molecular weight excluding hydrogens is 973 g/mol. The molecule has 0 saturated carbocycles. The van der Waals surface area contributed by atoms with Gasteiger partial charge in [-0.1, -0.05) is 304 Å². The molecule has 1 unspecified atom stereocenters. The summed E-state index contributed by atoms with van der Waals surface area (Å²) in [5, 5.41) is 0. The Balaban J connectivity index is 4.08.